The third kappa shape index (κ3) is 12.7. The zero-order valence-corrected chi connectivity index (χ0v) is 17.8. The van der Waals surface area contributed by atoms with Crippen molar-refractivity contribution >= 4 is 18.4 Å². The van der Waals surface area contributed by atoms with Gasteiger partial charge in [-0.3, -0.25) is 5.41 Å². The van der Waals surface area contributed by atoms with Crippen molar-refractivity contribution in [1.29, 1.82) is 5.41 Å². The van der Waals surface area contributed by atoms with E-state index in [2.05, 4.69) is 49.5 Å². The summed E-state index contributed by atoms with van der Waals surface area (Å²) in [4.78, 5) is 8.29. The summed E-state index contributed by atoms with van der Waals surface area (Å²) in [7, 11) is 0. The van der Waals surface area contributed by atoms with Crippen molar-refractivity contribution in [1.82, 2.24) is 0 Å². The van der Waals surface area contributed by atoms with Crippen LogP contribution >= 0.6 is 0 Å². The third-order valence-electron chi connectivity index (χ3n) is 3.91. The maximum atomic E-state index is 7.18. The van der Waals surface area contributed by atoms with Gasteiger partial charge in [0.15, 0.2) is 5.84 Å². The summed E-state index contributed by atoms with van der Waals surface area (Å²) < 4.78 is 0. The molecule has 156 valence electrons. The molecular weight excluding hydrogens is 366 g/mol. The lowest BCUT2D eigenvalue weighted by Crippen LogP contribution is -1.99. The normalized spacial score (nSPS) is 13.7. The Labute approximate surface area is 182 Å². The van der Waals surface area contributed by atoms with Crippen molar-refractivity contribution in [3.63, 3.8) is 0 Å². The fraction of sp³-hybridized carbons (Fsp3) is 0.148. The Kier molecular flexibility index (Phi) is 15.4. The summed E-state index contributed by atoms with van der Waals surface area (Å²) in [5, 5.41) is 7.18. The smallest absolute Gasteiger partial charge is 0.152 e. The third-order valence-corrected chi connectivity index (χ3v) is 3.91. The summed E-state index contributed by atoms with van der Waals surface area (Å²) >= 11 is 0. The quantitative estimate of drug-likeness (QED) is 0.130. The van der Waals surface area contributed by atoms with Crippen LogP contribution in [0.15, 0.2) is 133 Å². The maximum Gasteiger partial charge on any atom is 0.152 e. The predicted octanol–water partition coefficient (Wildman–Crippen LogP) is 7.30. The summed E-state index contributed by atoms with van der Waals surface area (Å²) in [6, 6.07) is 0. The highest BCUT2D eigenvalue weighted by Crippen LogP contribution is 2.14. The molecule has 0 aliphatic heterocycles. The minimum Gasteiger partial charge on any atom is -0.289 e. The van der Waals surface area contributed by atoms with Gasteiger partial charge in [-0.25, -0.2) is 9.98 Å². The molecule has 3 nitrogen and oxygen atoms in total. The average molecular weight is 400 g/mol. The number of hydrogen-bond donors (Lipinski definition) is 1. The topological polar surface area (TPSA) is 48.6 Å². The van der Waals surface area contributed by atoms with Gasteiger partial charge in [0.1, 0.15) is 6.34 Å². The molecule has 0 bridgehead atoms. The van der Waals surface area contributed by atoms with Gasteiger partial charge >= 0.3 is 0 Å². The number of aliphatic imine (C=N–C) groups is 2. The molecule has 0 aliphatic carbocycles. The lowest BCUT2D eigenvalue weighted by Gasteiger charge is -2.03. The Balaban J connectivity index is 4.70. The molecule has 0 fully saturated rings. The molecule has 0 rings (SSSR count). The van der Waals surface area contributed by atoms with E-state index in [0.29, 0.717) is 5.84 Å². The summed E-state index contributed by atoms with van der Waals surface area (Å²) in [5.41, 5.74) is 2.82. The highest BCUT2D eigenvalue weighted by Gasteiger charge is 1.98. The summed E-state index contributed by atoms with van der Waals surface area (Å²) in [6.07, 6.45) is 25.5. The highest BCUT2D eigenvalue weighted by molar-refractivity contribution is 6.01. The first-order valence-electron chi connectivity index (χ1n) is 9.70. The van der Waals surface area contributed by atoms with Crippen LogP contribution in [-0.4, -0.2) is 18.4 Å². The van der Waals surface area contributed by atoms with E-state index in [1.165, 1.54) is 0 Å². The Bertz CT molecular complexity index is 811. The van der Waals surface area contributed by atoms with Crippen LogP contribution in [0.5, 0.6) is 0 Å². The number of hydrogen-bond acceptors (Lipinski definition) is 1. The minimum atomic E-state index is 0.102. The Morgan fingerprint density at radius 3 is 2.33 bits per heavy atom. The first kappa shape index (κ1) is 26.4. The van der Waals surface area contributed by atoms with Crippen LogP contribution in [-0.2, 0) is 0 Å². The molecular formula is C27H33N3. The van der Waals surface area contributed by atoms with E-state index in [-0.39, 0.29) is 5.92 Å². The minimum absolute atomic E-state index is 0.102. The molecule has 0 heterocycles. The Morgan fingerprint density at radius 2 is 1.73 bits per heavy atom. The molecule has 0 radical (unpaired) electrons. The number of nitrogens with one attached hydrogen (secondary N) is 1. The van der Waals surface area contributed by atoms with E-state index in [0.717, 1.165) is 42.3 Å². The molecule has 0 amide bonds. The van der Waals surface area contributed by atoms with Gasteiger partial charge < -0.3 is 0 Å². The second kappa shape index (κ2) is 17.5. The second-order valence-electron chi connectivity index (χ2n) is 6.21. The van der Waals surface area contributed by atoms with Crippen LogP contribution in [0, 0.1) is 11.3 Å². The number of amidine groups is 1. The molecule has 0 saturated carbocycles. The number of nitrogens with zero attached hydrogens (tertiary/aromatic N) is 2. The molecule has 0 aromatic heterocycles. The van der Waals surface area contributed by atoms with Crippen molar-refractivity contribution in [2.24, 2.45) is 15.9 Å². The van der Waals surface area contributed by atoms with Crippen LogP contribution in [0.3, 0.4) is 0 Å². The first-order chi connectivity index (χ1) is 14.5. The maximum absolute atomic E-state index is 7.18. The van der Waals surface area contributed by atoms with E-state index in [9.17, 15) is 0 Å². The highest BCUT2D eigenvalue weighted by atomic mass is 14.9. The van der Waals surface area contributed by atoms with Crippen molar-refractivity contribution in [3.8, 4) is 0 Å². The standard InChI is InChI=1S/C27H33N3/c1-7-15-25(9-3)19-13-11-17-23(5)24(6)18-12-14-20-27(30-22-28)29-21-26(10-4)16-8-2/h7-11,13-15,17,19-22,26,28H,1-6,12,16,18H2/b17-11-,19-13+,20-14+,25-15+,28-22?,29-21+,30-27-. The largest absolute Gasteiger partial charge is 0.289 e. The summed E-state index contributed by atoms with van der Waals surface area (Å²) in [6.45, 7) is 23.1. The second-order valence-corrected chi connectivity index (χ2v) is 6.21. The van der Waals surface area contributed by atoms with Gasteiger partial charge in [-0.1, -0.05) is 87.1 Å². The van der Waals surface area contributed by atoms with Crippen molar-refractivity contribution in [3.05, 3.63) is 123 Å². The van der Waals surface area contributed by atoms with Crippen molar-refractivity contribution in [2.75, 3.05) is 0 Å². The molecule has 0 spiro atoms. The predicted molar refractivity (Wildman–Crippen MR) is 137 cm³/mol. The molecule has 1 atom stereocenters. The molecule has 30 heavy (non-hydrogen) atoms. The molecule has 0 aromatic carbocycles. The lowest BCUT2D eigenvalue weighted by atomic mass is 10.0. The van der Waals surface area contributed by atoms with E-state index >= 15 is 0 Å². The molecule has 0 aromatic rings. The van der Waals surface area contributed by atoms with Gasteiger partial charge in [-0.2, -0.15) is 0 Å². The Hall–Kier alpha value is -3.59. The van der Waals surface area contributed by atoms with E-state index < -0.39 is 0 Å². The molecule has 0 aliphatic rings. The zero-order chi connectivity index (χ0) is 22.6. The molecule has 0 saturated heterocycles. The van der Waals surface area contributed by atoms with Crippen molar-refractivity contribution < 1.29 is 0 Å². The van der Waals surface area contributed by atoms with E-state index in [4.69, 9.17) is 5.41 Å². The van der Waals surface area contributed by atoms with Gasteiger partial charge in [0, 0.05) is 12.1 Å². The van der Waals surface area contributed by atoms with Crippen LogP contribution < -0.4 is 0 Å². The summed E-state index contributed by atoms with van der Waals surface area (Å²) in [5.74, 6) is 0.576. The monoisotopic (exact) mass is 399 g/mol. The van der Waals surface area contributed by atoms with E-state index in [1.807, 2.05) is 48.6 Å². The fourth-order valence-corrected chi connectivity index (χ4v) is 2.16. The van der Waals surface area contributed by atoms with Gasteiger partial charge in [-0.05, 0) is 42.1 Å². The van der Waals surface area contributed by atoms with Gasteiger partial charge in [0.05, 0.1) is 0 Å². The van der Waals surface area contributed by atoms with Crippen LogP contribution in [0.1, 0.15) is 19.3 Å². The Morgan fingerprint density at radius 1 is 1.00 bits per heavy atom. The van der Waals surface area contributed by atoms with Crippen LogP contribution in [0.25, 0.3) is 0 Å². The number of allylic oxidation sites excluding steroid dienone is 13. The molecule has 3 heteroatoms. The number of rotatable bonds is 15. The zero-order valence-electron chi connectivity index (χ0n) is 17.8. The van der Waals surface area contributed by atoms with Gasteiger partial charge in [-0.15, -0.1) is 13.2 Å². The van der Waals surface area contributed by atoms with Gasteiger partial charge in [0.2, 0.25) is 0 Å². The average Bonchev–Trinajstić information content (AvgIpc) is 2.75. The van der Waals surface area contributed by atoms with Crippen LogP contribution in [0.2, 0.25) is 0 Å². The van der Waals surface area contributed by atoms with Gasteiger partial charge in [0.25, 0.3) is 0 Å². The molecule has 1 N–H and O–H groups in total. The van der Waals surface area contributed by atoms with E-state index in [1.54, 1.807) is 24.4 Å². The molecule has 1 unspecified atom stereocenters. The SMILES string of the molecule is C=C/C=C(C=C)/C=C/C=C\C(=C)C(=C)CC/C=C/C(=N/C=N)/N=C/C(C=C)CC=C. The van der Waals surface area contributed by atoms with Crippen molar-refractivity contribution in [2.45, 2.75) is 19.3 Å². The lowest BCUT2D eigenvalue weighted by molar-refractivity contribution is 0.905. The van der Waals surface area contributed by atoms with Crippen LogP contribution in [0.4, 0.5) is 0 Å². The fourth-order valence-electron chi connectivity index (χ4n) is 2.16. The first-order valence-corrected chi connectivity index (χ1v) is 9.70.